The van der Waals surface area contributed by atoms with Crippen LogP contribution >= 0.6 is 0 Å². The first-order valence-electron chi connectivity index (χ1n) is 9.56. The maximum absolute atomic E-state index is 12.2. The van der Waals surface area contributed by atoms with Crippen molar-refractivity contribution in [3.05, 3.63) is 71.9 Å². The van der Waals surface area contributed by atoms with E-state index in [2.05, 4.69) is 40.5 Å². The molecule has 0 radical (unpaired) electrons. The number of amides is 1. The van der Waals surface area contributed by atoms with E-state index in [0.717, 1.165) is 17.7 Å². The molecule has 144 valence electrons. The Morgan fingerprint density at radius 3 is 2.57 bits per heavy atom. The molecule has 0 saturated carbocycles. The molecule has 3 rings (SSSR count). The lowest BCUT2D eigenvalue weighted by Crippen LogP contribution is -2.25. The third-order valence-corrected chi connectivity index (χ3v) is 4.36. The maximum Gasteiger partial charge on any atom is 0.251 e. The predicted molar refractivity (Wildman–Crippen MR) is 114 cm³/mol. The smallest absolute Gasteiger partial charge is 0.251 e. The van der Waals surface area contributed by atoms with E-state index in [9.17, 15) is 4.79 Å². The summed E-state index contributed by atoms with van der Waals surface area (Å²) in [6.45, 7) is 7.03. The van der Waals surface area contributed by atoms with Crippen LogP contribution < -0.4 is 10.6 Å². The zero-order chi connectivity index (χ0) is 19.9. The normalized spacial score (nSPS) is 10.7. The average molecular weight is 374 g/mol. The van der Waals surface area contributed by atoms with Gasteiger partial charge in [0.15, 0.2) is 5.82 Å². The van der Waals surface area contributed by atoms with E-state index in [-0.39, 0.29) is 5.91 Å². The van der Waals surface area contributed by atoms with Gasteiger partial charge in [0, 0.05) is 29.6 Å². The van der Waals surface area contributed by atoms with Gasteiger partial charge in [-0.3, -0.25) is 4.79 Å². The third-order valence-electron chi connectivity index (χ3n) is 4.36. The number of rotatable bonds is 7. The van der Waals surface area contributed by atoms with Crippen LogP contribution in [0.2, 0.25) is 0 Å². The Morgan fingerprint density at radius 1 is 1.07 bits per heavy atom. The van der Waals surface area contributed by atoms with Gasteiger partial charge in [0.1, 0.15) is 5.82 Å². The zero-order valence-electron chi connectivity index (χ0n) is 16.6. The van der Waals surface area contributed by atoms with Crippen molar-refractivity contribution >= 4 is 17.4 Å². The molecule has 0 aliphatic carbocycles. The van der Waals surface area contributed by atoms with Gasteiger partial charge in [-0.15, -0.1) is 0 Å². The van der Waals surface area contributed by atoms with Gasteiger partial charge in [-0.05, 0) is 55.7 Å². The summed E-state index contributed by atoms with van der Waals surface area (Å²) < 4.78 is 0. The SMILES string of the molecule is Cc1cccc(-c2nccc(Nc3ccc(C(=O)NCCC(C)C)cc3)n2)c1. The molecule has 5 nitrogen and oxygen atoms in total. The molecule has 28 heavy (non-hydrogen) atoms. The van der Waals surface area contributed by atoms with Crippen LogP contribution in [0.5, 0.6) is 0 Å². The van der Waals surface area contributed by atoms with Crippen LogP contribution in [-0.4, -0.2) is 22.4 Å². The quantitative estimate of drug-likeness (QED) is 0.613. The summed E-state index contributed by atoms with van der Waals surface area (Å²) in [5.41, 5.74) is 3.67. The molecule has 0 bridgehead atoms. The molecule has 0 aliphatic heterocycles. The van der Waals surface area contributed by atoms with E-state index in [1.165, 1.54) is 5.56 Å². The highest BCUT2D eigenvalue weighted by Gasteiger charge is 2.07. The lowest BCUT2D eigenvalue weighted by molar-refractivity contribution is 0.0952. The van der Waals surface area contributed by atoms with Crippen molar-refractivity contribution in [2.75, 3.05) is 11.9 Å². The fourth-order valence-corrected chi connectivity index (χ4v) is 2.78. The van der Waals surface area contributed by atoms with Crippen LogP contribution in [0, 0.1) is 12.8 Å². The minimum atomic E-state index is -0.0454. The van der Waals surface area contributed by atoms with Gasteiger partial charge in [-0.1, -0.05) is 37.6 Å². The summed E-state index contributed by atoms with van der Waals surface area (Å²) in [6, 6.07) is 17.3. The lowest BCUT2D eigenvalue weighted by atomic mass is 10.1. The van der Waals surface area contributed by atoms with E-state index in [1.807, 2.05) is 55.5 Å². The van der Waals surface area contributed by atoms with Crippen LogP contribution in [-0.2, 0) is 0 Å². The summed E-state index contributed by atoms with van der Waals surface area (Å²) in [4.78, 5) is 21.1. The Balaban J connectivity index is 1.66. The topological polar surface area (TPSA) is 66.9 Å². The van der Waals surface area contributed by atoms with Crippen LogP contribution in [0.25, 0.3) is 11.4 Å². The number of carbonyl (C=O) groups excluding carboxylic acids is 1. The van der Waals surface area contributed by atoms with E-state index in [1.54, 1.807) is 6.20 Å². The fraction of sp³-hybridized carbons (Fsp3) is 0.261. The highest BCUT2D eigenvalue weighted by atomic mass is 16.1. The van der Waals surface area contributed by atoms with Crippen molar-refractivity contribution < 1.29 is 4.79 Å². The number of anilines is 2. The highest BCUT2D eigenvalue weighted by Crippen LogP contribution is 2.20. The van der Waals surface area contributed by atoms with Crippen molar-refractivity contribution in [1.29, 1.82) is 0 Å². The minimum Gasteiger partial charge on any atom is -0.352 e. The van der Waals surface area contributed by atoms with E-state index >= 15 is 0 Å². The van der Waals surface area contributed by atoms with Crippen molar-refractivity contribution in [3.8, 4) is 11.4 Å². The number of nitrogens with one attached hydrogen (secondary N) is 2. The second-order valence-corrected chi connectivity index (χ2v) is 7.28. The van der Waals surface area contributed by atoms with Crippen molar-refractivity contribution in [3.63, 3.8) is 0 Å². The average Bonchev–Trinajstić information content (AvgIpc) is 2.68. The Hall–Kier alpha value is -3.21. The number of aromatic nitrogens is 2. The molecular weight excluding hydrogens is 348 g/mol. The summed E-state index contributed by atoms with van der Waals surface area (Å²) in [7, 11) is 0. The molecule has 5 heteroatoms. The highest BCUT2D eigenvalue weighted by molar-refractivity contribution is 5.94. The largest absolute Gasteiger partial charge is 0.352 e. The summed E-state index contributed by atoms with van der Waals surface area (Å²) >= 11 is 0. The molecule has 1 heterocycles. The van der Waals surface area contributed by atoms with Gasteiger partial charge >= 0.3 is 0 Å². The number of benzene rings is 2. The number of hydrogen-bond donors (Lipinski definition) is 2. The first-order chi connectivity index (χ1) is 13.5. The minimum absolute atomic E-state index is 0.0454. The molecule has 0 unspecified atom stereocenters. The number of aryl methyl sites for hydroxylation is 1. The number of nitrogens with zero attached hydrogens (tertiary/aromatic N) is 2. The van der Waals surface area contributed by atoms with Gasteiger partial charge < -0.3 is 10.6 Å². The molecule has 0 spiro atoms. The van der Waals surface area contributed by atoms with Crippen LogP contribution in [0.1, 0.15) is 36.2 Å². The molecule has 2 aromatic carbocycles. The standard InChI is InChI=1S/C23H26N4O/c1-16(2)11-13-25-23(28)18-7-9-20(10-8-18)26-21-12-14-24-22(27-21)19-6-4-5-17(3)15-19/h4-10,12,14-16H,11,13H2,1-3H3,(H,25,28)(H,24,26,27). The second kappa shape index (κ2) is 9.13. The Morgan fingerprint density at radius 2 is 1.86 bits per heavy atom. The first kappa shape index (κ1) is 19.5. The zero-order valence-corrected chi connectivity index (χ0v) is 16.6. The molecule has 2 N–H and O–H groups in total. The molecule has 3 aromatic rings. The van der Waals surface area contributed by atoms with Crippen molar-refractivity contribution in [1.82, 2.24) is 15.3 Å². The Labute approximate surface area is 166 Å². The maximum atomic E-state index is 12.2. The van der Waals surface area contributed by atoms with E-state index < -0.39 is 0 Å². The number of hydrogen-bond acceptors (Lipinski definition) is 4. The summed E-state index contributed by atoms with van der Waals surface area (Å²) in [5.74, 6) is 1.91. The first-order valence-corrected chi connectivity index (χ1v) is 9.56. The molecule has 0 fully saturated rings. The van der Waals surface area contributed by atoms with Crippen molar-refractivity contribution in [2.45, 2.75) is 27.2 Å². The second-order valence-electron chi connectivity index (χ2n) is 7.28. The Kier molecular flexibility index (Phi) is 6.37. The predicted octanol–water partition coefficient (Wildman–Crippen LogP) is 4.97. The molecule has 0 saturated heterocycles. The summed E-state index contributed by atoms with van der Waals surface area (Å²) in [5, 5.41) is 6.22. The van der Waals surface area contributed by atoms with Gasteiger partial charge in [0.05, 0.1) is 0 Å². The summed E-state index contributed by atoms with van der Waals surface area (Å²) in [6.07, 6.45) is 2.71. The molecule has 1 aromatic heterocycles. The number of carbonyl (C=O) groups is 1. The van der Waals surface area contributed by atoms with E-state index in [0.29, 0.717) is 29.7 Å². The molecule has 0 aliphatic rings. The Bertz CT molecular complexity index is 935. The molecule has 0 atom stereocenters. The third kappa shape index (κ3) is 5.39. The molecular formula is C23H26N4O. The molecule has 1 amide bonds. The van der Waals surface area contributed by atoms with Crippen LogP contribution in [0.15, 0.2) is 60.8 Å². The monoisotopic (exact) mass is 374 g/mol. The van der Waals surface area contributed by atoms with Gasteiger partial charge in [-0.25, -0.2) is 9.97 Å². The van der Waals surface area contributed by atoms with Gasteiger partial charge in [0.25, 0.3) is 5.91 Å². The van der Waals surface area contributed by atoms with E-state index in [4.69, 9.17) is 0 Å². The van der Waals surface area contributed by atoms with Crippen LogP contribution in [0.3, 0.4) is 0 Å². The van der Waals surface area contributed by atoms with Crippen LogP contribution in [0.4, 0.5) is 11.5 Å². The van der Waals surface area contributed by atoms with Gasteiger partial charge in [0.2, 0.25) is 0 Å². The lowest BCUT2D eigenvalue weighted by Gasteiger charge is -2.09. The van der Waals surface area contributed by atoms with Crippen molar-refractivity contribution in [2.24, 2.45) is 5.92 Å². The fourth-order valence-electron chi connectivity index (χ4n) is 2.78. The van der Waals surface area contributed by atoms with Gasteiger partial charge in [-0.2, -0.15) is 0 Å².